The van der Waals surface area contributed by atoms with E-state index in [1.807, 2.05) is 6.92 Å². The van der Waals surface area contributed by atoms with Gasteiger partial charge in [-0.1, -0.05) is 44.2 Å². The molecule has 21 heavy (non-hydrogen) atoms. The Hall–Kier alpha value is -2.04. The van der Waals surface area contributed by atoms with Crippen LogP contribution in [-0.4, -0.2) is 46.4 Å². The zero-order chi connectivity index (χ0) is 16.2. The third-order valence-corrected chi connectivity index (χ3v) is 3.14. The zero-order valence-electron chi connectivity index (χ0n) is 13.3. The molecule has 0 unspecified atom stereocenters. The molecule has 1 fully saturated rings. The molecule has 0 aromatic heterocycles. The van der Waals surface area contributed by atoms with E-state index in [1.165, 1.54) is 9.80 Å². The minimum Gasteiger partial charge on any atom is -0.280 e. The Bertz CT molecular complexity index is 444. The topological polar surface area (TPSA) is 43.9 Å². The predicted octanol–water partition coefficient (Wildman–Crippen LogP) is 3.57. The molecule has 0 aromatic rings. The van der Waals surface area contributed by atoms with Gasteiger partial charge in [-0.25, -0.2) is 14.5 Å². The molecular formula is C16H25N3O2. The van der Waals surface area contributed by atoms with Crippen LogP contribution in [0, 0.1) is 0 Å². The summed E-state index contributed by atoms with van der Waals surface area (Å²) in [5, 5.41) is 0. The van der Waals surface area contributed by atoms with Gasteiger partial charge >= 0.3 is 12.1 Å². The van der Waals surface area contributed by atoms with Crippen molar-refractivity contribution in [1.82, 2.24) is 14.7 Å². The Morgan fingerprint density at radius 3 is 1.90 bits per heavy atom. The lowest BCUT2D eigenvalue weighted by Gasteiger charge is -2.42. The summed E-state index contributed by atoms with van der Waals surface area (Å²) >= 11 is 0. The van der Waals surface area contributed by atoms with Gasteiger partial charge in [0.15, 0.2) is 0 Å². The van der Waals surface area contributed by atoms with Crippen LogP contribution in [0.25, 0.3) is 0 Å². The molecule has 5 heteroatoms. The first-order chi connectivity index (χ1) is 9.79. The van der Waals surface area contributed by atoms with Crippen LogP contribution >= 0.6 is 0 Å². The Morgan fingerprint density at radius 2 is 1.43 bits per heavy atom. The van der Waals surface area contributed by atoms with Crippen molar-refractivity contribution in [2.24, 2.45) is 0 Å². The summed E-state index contributed by atoms with van der Waals surface area (Å²) in [6.45, 7) is 18.4. The van der Waals surface area contributed by atoms with E-state index in [-0.39, 0.29) is 18.6 Å². The molecule has 5 nitrogen and oxygen atoms in total. The summed E-state index contributed by atoms with van der Waals surface area (Å²) < 4.78 is 0. The van der Waals surface area contributed by atoms with Crippen LogP contribution < -0.4 is 0 Å². The molecule has 0 radical (unpaired) electrons. The maximum Gasteiger partial charge on any atom is 0.334 e. The summed E-state index contributed by atoms with van der Waals surface area (Å²) in [6.07, 6.45) is 1.83. The van der Waals surface area contributed by atoms with Crippen LogP contribution in [0.5, 0.6) is 0 Å². The highest BCUT2D eigenvalue weighted by Crippen LogP contribution is 2.23. The number of imide groups is 1. The van der Waals surface area contributed by atoms with E-state index in [1.54, 1.807) is 11.8 Å². The van der Waals surface area contributed by atoms with E-state index < -0.39 is 0 Å². The largest absolute Gasteiger partial charge is 0.334 e. The number of hydrogen-bond donors (Lipinski definition) is 0. The molecule has 0 spiro atoms. The molecule has 1 aliphatic rings. The molecule has 116 valence electrons. The number of rotatable bonds is 7. The molecule has 0 saturated carbocycles. The van der Waals surface area contributed by atoms with E-state index in [0.29, 0.717) is 18.9 Å². The van der Waals surface area contributed by atoms with E-state index in [9.17, 15) is 9.59 Å². The van der Waals surface area contributed by atoms with Crippen LogP contribution in [0.4, 0.5) is 9.59 Å². The fourth-order valence-electron chi connectivity index (χ4n) is 2.11. The lowest BCUT2D eigenvalue weighted by Crippen LogP contribution is -2.59. The molecule has 1 aliphatic heterocycles. The number of carbonyl (C=O) groups is 2. The average molecular weight is 291 g/mol. The molecule has 0 aliphatic carbocycles. The van der Waals surface area contributed by atoms with Crippen molar-refractivity contribution >= 4 is 12.1 Å². The average Bonchev–Trinajstić information content (AvgIpc) is 2.39. The molecule has 0 bridgehead atoms. The van der Waals surface area contributed by atoms with E-state index in [0.717, 1.165) is 24.0 Å². The second-order valence-corrected chi connectivity index (χ2v) is 5.57. The third-order valence-electron chi connectivity index (χ3n) is 3.14. The standard InChI is InChI=1S/C16H25N3O2/c1-7-8-9-17-14(6)18(10-12(2)3)16(21)19(15(17)20)11-13(4)5/h2,4,6-11H2,1,3,5H3. The van der Waals surface area contributed by atoms with Crippen molar-refractivity contribution in [3.05, 3.63) is 36.7 Å². The minimum absolute atomic E-state index is 0.222. The molecule has 1 heterocycles. The predicted molar refractivity (Wildman–Crippen MR) is 84.6 cm³/mol. The normalized spacial score (nSPS) is 15.8. The minimum atomic E-state index is -0.358. The maximum atomic E-state index is 12.5. The molecule has 0 atom stereocenters. The number of amides is 4. The second-order valence-electron chi connectivity index (χ2n) is 5.57. The second kappa shape index (κ2) is 7.11. The summed E-state index contributed by atoms with van der Waals surface area (Å²) in [4.78, 5) is 29.3. The van der Waals surface area contributed by atoms with Gasteiger partial charge in [0.1, 0.15) is 5.82 Å². The quantitative estimate of drug-likeness (QED) is 0.673. The van der Waals surface area contributed by atoms with Crippen LogP contribution in [0.3, 0.4) is 0 Å². The number of nitrogens with zero attached hydrogens (tertiary/aromatic N) is 3. The molecule has 1 saturated heterocycles. The fourth-order valence-corrected chi connectivity index (χ4v) is 2.11. The molecular weight excluding hydrogens is 266 g/mol. The van der Waals surface area contributed by atoms with Crippen LogP contribution in [0.2, 0.25) is 0 Å². The Labute approximate surface area is 127 Å². The molecule has 4 amide bonds. The van der Waals surface area contributed by atoms with Crippen molar-refractivity contribution in [3.8, 4) is 0 Å². The first-order valence-corrected chi connectivity index (χ1v) is 7.17. The van der Waals surface area contributed by atoms with Crippen molar-refractivity contribution in [3.63, 3.8) is 0 Å². The van der Waals surface area contributed by atoms with Gasteiger partial charge in [-0.05, 0) is 20.3 Å². The fraction of sp³-hybridized carbons (Fsp3) is 0.500. The Balaban J connectivity index is 3.07. The lowest BCUT2D eigenvalue weighted by atomic mass is 10.2. The van der Waals surface area contributed by atoms with Crippen LogP contribution in [0.1, 0.15) is 33.6 Å². The summed E-state index contributed by atoms with van der Waals surface area (Å²) in [6, 6.07) is -0.678. The maximum absolute atomic E-state index is 12.5. The van der Waals surface area contributed by atoms with Crippen molar-refractivity contribution in [2.75, 3.05) is 19.6 Å². The van der Waals surface area contributed by atoms with Gasteiger partial charge in [0.25, 0.3) is 0 Å². The number of urea groups is 2. The molecule has 0 aromatic carbocycles. The zero-order valence-corrected chi connectivity index (χ0v) is 13.3. The Kier molecular flexibility index (Phi) is 5.76. The number of carbonyl (C=O) groups excluding carboxylic acids is 2. The van der Waals surface area contributed by atoms with Gasteiger partial charge in [-0.3, -0.25) is 9.80 Å². The Morgan fingerprint density at radius 1 is 0.952 bits per heavy atom. The highest BCUT2D eigenvalue weighted by atomic mass is 16.2. The monoisotopic (exact) mass is 291 g/mol. The van der Waals surface area contributed by atoms with E-state index >= 15 is 0 Å². The van der Waals surface area contributed by atoms with Gasteiger partial charge < -0.3 is 0 Å². The van der Waals surface area contributed by atoms with Gasteiger partial charge in [-0.2, -0.15) is 0 Å². The number of hydrogen-bond acceptors (Lipinski definition) is 2. The van der Waals surface area contributed by atoms with Crippen LogP contribution in [-0.2, 0) is 0 Å². The van der Waals surface area contributed by atoms with Crippen LogP contribution in [0.15, 0.2) is 36.7 Å². The first-order valence-electron chi connectivity index (χ1n) is 7.17. The van der Waals surface area contributed by atoms with Gasteiger partial charge in [0, 0.05) is 13.1 Å². The van der Waals surface area contributed by atoms with Crippen molar-refractivity contribution < 1.29 is 9.59 Å². The first kappa shape index (κ1) is 17.0. The summed E-state index contributed by atoms with van der Waals surface area (Å²) in [5.41, 5.74) is 1.60. The van der Waals surface area contributed by atoms with E-state index in [4.69, 9.17) is 0 Å². The molecule has 1 rings (SSSR count). The summed E-state index contributed by atoms with van der Waals surface area (Å²) in [7, 11) is 0. The van der Waals surface area contributed by atoms with Gasteiger partial charge in [0.2, 0.25) is 0 Å². The number of unbranched alkanes of at least 4 members (excludes halogenated alkanes) is 1. The summed E-state index contributed by atoms with van der Waals surface area (Å²) in [5.74, 6) is 0.430. The van der Waals surface area contributed by atoms with Crippen molar-refractivity contribution in [2.45, 2.75) is 33.6 Å². The van der Waals surface area contributed by atoms with Crippen molar-refractivity contribution in [1.29, 1.82) is 0 Å². The third kappa shape index (κ3) is 3.97. The SMILES string of the molecule is C=C(C)CN1C(=C)N(CCCC)C(=O)N(CC(=C)C)C1=O. The van der Waals surface area contributed by atoms with Gasteiger partial charge in [-0.15, -0.1) is 0 Å². The highest BCUT2D eigenvalue weighted by Gasteiger charge is 2.39. The molecule has 0 N–H and O–H groups in total. The van der Waals surface area contributed by atoms with Gasteiger partial charge in [0.05, 0.1) is 6.54 Å². The lowest BCUT2D eigenvalue weighted by molar-refractivity contribution is 0.115. The smallest absolute Gasteiger partial charge is 0.280 e. The highest BCUT2D eigenvalue weighted by molar-refractivity contribution is 5.98. The van der Waals surface area contributed by atoms with E-state index in [2.05, 4.69) is 26.7 Å².